The Morgan fingerprint density at radius 1 is 1.12 bits per heavy atom. The lowest BCUT2D eigenvalue weighted by atomic mass is 10.1. The number of nitrogens with zero attached hydrogens (tertiary/aromatic N) is 1. The molecular weight excluding hydrogens is 350 g/mol. The molecular formula is C19H23N3O3S. The summed E-state index contributed by atoms with van der Waals surface area (Å²) in [5.41, 5.74) is 2.09. The molecule has 26 heavy (non-hydrogen) atoms. The molecule has 7 heteroatoms. The van der Waals surface area contributed by atoms with Crippen LogP contribution in [0.1, 0.15) is 21.5 Å². The van der Waals surface area contributed by atoms with Crippen LogP contribution in [0.5, 0.6) is 0 Å². The maximum Gasteiger partial charge on any atom is 0.254 e. The van der Waals surface area contributed by atoms with Gasteiger partial charge in [-0.05, 0) is 30.2 Å². The topological polar surface area (TPSA) is 78.5 Å². The number of hydrogen-bond acceptors (Lipinski definition) is 4. The Kier molecular flexibility index (Phi) is 5.70. The molecule has 1 aliphatic heterocycles. The second kappa shape index (κ2) is 7.99. The molecule has 0 bridgehead atoms. The first kappa shape index (κ1) is 18.6. The molecule has 6 nitrogen and oxygen atoms in total. The molecule has 2 aromatic carbocycles. The number of amides is 1. The van der Waals surface area contributed by atoms with E-state index in [0.717, 1.165) is 24.2 Å². The highest BCUT2D eigenvalue weighted by molar-refractivity contribution is 7.89. The van der Waals surface area contributed by atoms with Gasteiger partial charge in [0, 0.05) is 38.3 Å². The molecule has 2 aromatic rings. The summed E-state index contributed by atoms with van der Waals surface area (Å²) in [6, 6.07) is 14.0. The first-order valence-electron chi connectivity index (χ1n) is 8.61. The first-order chi connectivity index (χ1) is 12.5. The number of aryl methyl sites for hydroxylation is 1. The maximum atomic E-state index is 12.8. The molecule has 0 radical (unpaired) electrons. The monoisotopic (exact) mass is 373 g/mol. The van der Waals surface area contributed by atoms with E-state index in [1.54, 1.807) is 11.0 Å². The smallest absolute Gasteiger partial charge is 0.254 e. The molecule has 0 aromatic heterocycles. The number of hydrogen-bond donors (Lipinski definition) is 2. The lowest BCUT2D eigenvalue weighted by Gasteiger charge is -2.28. The van der Waals surface area contributed by atoms with E-state index in [2.05, 4.69) is 10.0 Å². The summed E-state index contributed by atoms with van der Waals surface area (Å²) in [6.45, 7) is 4.78. The molecule has 0 atom stereocenters. The van der Waals surface area contributed by atoms with Crippen molar-refractivity contribution in [1.82, 2.24) is 14.9 Å². The van der Waals surface area contributed by atoms with E-state index in [9.17, 15) is 13.2 Å². The molecule has 1 amide bonds. The Hall–Kier alpha value is -2.22. The van der Waals surface area contributed by atoms with E-state index in [4.69, 9.17) is 0 Å². The fraction of sp³-hybridized carbons (Fsp3) is 0.316. The minimum atomic E-state index is -3.70. The van der Waals surface area contributed by atoms with Crippen molar-refractivity contribution in [2.24, 2.45) is 0 Å². The van der Waals surface area contributed by atoms with Gasteiger partial charge in [-0.1, -0.05) is 36.4 Å². The Morgan fingerprint density at radius 3 is 2.50 bits per heavy atom. The molecule has 0 unspecified atom stereocenters. The Balaban J connectivity index is 1.80. The number of piperazine rings is 1. The van der Waals surface area contributed by atoms with Gasteiger partial charge in [-0.15, -0.1) is 0 Å². The third kappa shape index (κ3) is 4.30. The van der Waals surface area contributed by atoms with Crippen molar-refractivity contribution in [2.75, 3.05) is 26.2 Å². The van der Waals surface area contributed by atoms with Gasteiger partial charge in [-0.3, -0.25) is 4.79 Å². The normalized spacial score (nSPS) is 15.0. The maximum absolute atomic E-state index is 12.8. The molecule has 0 saturated carbocycles. The van der Waals surface area contributed by atoms with E-state index in [1.165, 1.54) is 12.1 Å². The van der Waals surface area contributed by atoms with E-state index in [-0.39, 0.29) is 17.3 Å². The average Bonchev–Trinajstić information content (AvgIpc) is 2.68. The van der Waals surface area contributed by atoms with Crippen LogP contribution in [0.25, 0.3) is 0 Å². The van der Waals surface area contributed by atoms with Gasteiger partial charge in [0.15, 0.2) is 0 Å². The fourth-order valence-electron chi connectivity index (χ4n) is 2.89. The van der Waals surface area contributed by atoms with Gasteiger partial charge in [0.1, 0.15) is 0 Å². The van der Waals surface area contributed by atoms with Gasteiger partial charge < -0.3 is 10.2 Å². The van der Waals surface area contributed by atoms with Gasteiger partial charge >= 0.3 is 0 Å². The molecule has 3 rings (SSSR count). The van der Waals surface area contributed by atoms with Gasteiger partial charge in [0.05, 0.1) is 4.90 Å². The van der Waals surface area contributed by atoms with Crippen molar-refractivity contribution in [3.05, 3.63) is 65.2 Å². The molecule has 1 heterocycles. The van der Waals surface area contributed by atoms with Crippen molar-refractivity contribution >= 4 is 15.9 Å². The van der Waals surface area contributed by atoms with Crippen molar-refractivity contribution < 1.29 is 13.2 Å². The second-order valence-electron chi connectivity index (χ2n) is 6.33. The zero-order valence-electron chi connectivity index (χ0n) is 14.7. The van der Waals surface area contributed by atoms with Crippen LogP contribution in [-0.2, 0) is 16.6 Å². The summed E-state index contributed by atoms with van der Waals surface area (Å²) >= 11 is 0. The SMILES string of the molecule is Cc1ccc(S(=O)(=O)NCc2ccccc2)cc1C(=O)N1CCNCC1. The molecule has 1 saturated heterocycles. The van der Waals surface area contributed by atoms with Gasteiger partial charge in [0.2, 0.25) is 10.0 Å². The van der Waals surface area contributed by atoms with E-state index in [0.29, 0.717) is 18.7 Å². The van der Waals surface area contributed by atoms with Gasteiger partial charge in [-0.25, -0.2) is 13.1 Å². The number of benzene rings is 2. The minimum absolute atomic E-state index is 0.109. The summed E-state index contributed by atoms with van der Waals surface area (Å²) in [6.07, 6.45) is 0. The van der Waals surface area contributed by atoms with Crippen LogP contribution >= 0.6 is 0 Å². The summed E-state index contributed by atoms with van der Waals surface area (Å²) in [4.78, 5) is 14.6. The predicted octanol–water partition coefficient (Wildman–Crippen LogP) is 1.52. The van der Waals surface area contributed by atoms with Crippen LogP contribution in [0.15, 0.2) is 53.4 Å². The number of rotatable bonds is 5. The Labute approximate surface area is 154 Å². The molecule has 0 aliphatic carbocycles. The Morgan fingerprint density at radius 2 is 1.81 bits per heavy atom. The quantitative estimate of drug-likeness (QED) is 0.833. The molecule has 2 N–H and O–H groups in total. The highest BCUT2D eigenvalue weighted by Crippen LogP contribution is 2.18. The van der Waals surface area contributed by atoms with Crippen LogP contribution in [0.4, 0.5) is 0 Å². The third-order valence-electron chi connectivity index (χ3n) is 4.46. The lowest BCUT2D eigenvalue weighted by molar-refractivity contribution is 0.0735. The highest BCUT2D eigenvalue weighted by Gasteiger charge is 2.22. The van der Waals surface area contributed by atoms with E-state index >= 15 is 0 Å². The largest absolute Gasteiger partial charge is 0.336 e. The minimum Gasteiger partial charge on any atom is -0.336 e. The van der Waals surface area contributed by atoms with Crippen molar-refractivity contribution in [3.63, 3.8) is 0 Å². The molecule has 138 valence electrons. The van der Waals surface area contributed by atoms with Crippen LogP contribution in [-0.4, -0.2) is 45.4 Å². The van der Waals surface area contributed by atoms with Crippen LogP contribution in [0, 0.1) is 6.92 Å². The zero-order valence-corrected chi connectivity index (χ0v) is 15.6. The van der Waals surface area contributed by atoms with Crippen molar-refractivity contribution in [2.45, 2.75) is 18.4 Å². The summed E-state index contributed by atoms with van der Waals surface area (Å²) in [7, 11) is -3.70. The zero-order chi connectivity index (χ0) is 18.6. The number of carbonyl (C=O) groups excluding carboxylic acids is 1. The standard InChI is InChI=1S/C19H23N3O3S/c1-15-7-8-17(13-18(15)19(23)22-11-9-20-10-12-22)26(24,25)21-14-16-5-3-2-4-6-16/h2-8,13,20-21H,9-12,14H2,1H3. The summed E-state index contributed by atoms with van der Waals surface area (Å²) < 4.78 is 27.8. The number of carbonyl (C=O) groups is 1. The number of sulfonamides is 1. The third-order valence-corrected chi connectivity index (χ3v) is 5.86. The predicted molar refractivity (Wildman–Crippen MR) is 100 cm³/mol. The van der Waals surface area contributed by atoms with Crippen molar-refractivity contribution in [3.8, 4) is 0 Å². The second-order valence-corrected chi connectivity index (χ2v) is 8.10. The fourth-order valence-corrected chi connectivity index (χ4v) is 3.94. The molecule has 1 fully saturated rings. The molecule has 0 spiro atoms. The van der Waals surface area contributed by atoms with Crippen LogP contribution in [0.3, 0.4) is 0 Å². The lowest BCUT2D eigenvalue weighted by Crippen LogP contribution is -2.46. The van der Waals surface area contributed by atoms with Crippen molar-refractivity contribution in [1.29, 1.82) is 0 Å². The van der Waals surface area contributed by atoms with Crippen LogP contribution in [0.2, 0.25) is 0 Å². The summed E-state index contributed by atoms with van der Waals surface area (Å²) in [5.74, 6) is -0.121. The average molecular weight is 373 g/mol. The molecule has 1 aliphatic rings. The first-order valence-corrected chi connectivity index (χ1v) is 10.1. The van der Waals surface area contributed by atoms with E-state index < -0.39 is 10.0 Å². The highest BCUT2D eigenvalue weighted by atomic mass is 32.2. The van der Waals surface area contributed by atoms with Gasteiger partial charge in [0.25, 0.3) is 5.91 Å². The summed E-state index contributed by atoms with van der Waals surface area (Å²) in [5, 5.41) is 3.20. The van der Waals surface area contributed by atoms with E-state index in [1.807, 2.05) is 37.3 Å². The Bertz CT molecular complexity index is 876. The van der Waals surface area contributed by atoms with Gasteiger partial charge in [-0.2, -0.15) is 0 Å². The number of nitrogens with one attached hydrogen (secondary N) is 2. The van der Waals surface area contributed by atoms with Crippen LogP contribution < -0.4 is 10.0 Å².